The molecule has 1 unspecified atom stereocenters. The van der Waals surface area contributed by atoms with E-state index in [1.807, 2.05) is 72.9 Å². The summed E-state index contributed by atoms with van der Waals surface area (Å²) in [6.45, 7) is 0. The van der Waals surface area contributed by atoms with Gasteiger partial charge in [-0.3, -0.25) is 4.98 Å². The van der Waals surface area contributed by atoms with Crippen molar-refractivity contribution < 1.29 is 12.6 Å². The van der Waals surface area contributed by atoms with Crippen LogP contribution in [0.25, 0.3) is 11.1 Å². The molecule has 33 heavy (non-hydrogen) atoms. The molecule has 0 spiro atoms. The highest BCUT2D eigenvalue weighted by atomic mass is 32.2. The van der Waals surface area contributed by atoms with Crippen LogP contribution in [0.2, 0.25) is 0 Å². The van der Waals surface area contributed by atoms with Crippen molar-refractivity contribution in [2.75, 3.05) is 6.26 Å². The zero-order valence-corrected chi connectivity index (χ0v) is 18.7. The maximum absolute atomic E-state index is 11.5. The second-order valence-electron chi connectivity index (χ2n) is 7.89. The van der Waals surface area contributed by atoms with Gasteiger partial charge in [0.15, 0.2) is 0 Å². The van der Waals surface area contributed by atoms with Crippen LogP contribution in [-0.2, 0) is 15.7 Å². The Morgan fingerprint density at radius 3 is 2.33 bits per heavy atom. The smallest absolute Gasteiger partial charge is 0.306 e. The van der Waals surface area contributed by atoms with Crippen molar-refractivity contribution >= 4 is 16.0 Å². The van der Waals surface area contributed by atoms with Crippen molar-refractivity contribution in [3.8, 4) is 16.9 Å². The van der Waals surface area contributed by atoms with E-state index in [9.17, 15) is 8.42 Å². The fraction of sp³-hybridized carbons (Fsp3) is 0.0769. The van der Waals surface area contributed by atoms with Crippen LogP contribution in [-0.4, -0.2) is 25.5 Å². The molecule has 2 heterocycles. The quantitative estimate of drug-likeness (QED) is 0.457. The van der Waals surface area contributed by atoms with Crippen LogP contribution in [0.1, 0.15) is 22.3 Å². The summed E-state index contributed by atoms with van der Waals surface area (Å²) in [5, 5.41) is 0. The molecule has 0 radical (unpaired) electrons. The molecule has 0 bridgehead atoms. The van der Waals surface area contributed by atoms with Crippen LogP contribution in [0.5, 0.6) is 5.75 Å². The number of hydrogen-bond donors (Lipinski definition) is 1. The maximum atomic E-state index is 11.5. The number of amidine groups is 1. The molecule has 2 N–H and O–H groups in total. The number of rotatable bonds is 5. The van der Waals surface area contributed by atoms with Gasteiger partial charge in [0.2, 0.25) is 0 Å². The summed E-state index contributed by atoms with van der Waals surface area (Å²) < 4.78 is 28.1. The van der Waals surface area contributed by atoms with E-state index in [0.29, 0.717) is 5.84 Å². The van der Waals surface area contributed by atoms with E-state index < -0.39 is 15.7 Å². The molecule has 0 fully saturated rings. The first-order valence-electron chi connectivity index (χ1n) is 10.3. The standard InChI is InChI=1S/C26H21N3O3S/c1-33(30,31)32-22-13-11-20(12-14-22)26(24-10-3-2-9-23(24)25(27)29-26)21-8-4-6-18(16-21)19-7-5-15-28-17-19/h2-17H,1H3,(H2,27,29). The average Bonchev–Trinajstić information content (AvgIpc) is 3.13. The Labute approximate surface area is 192 Å². The maximum Gasteiger partial charge on any atom is 0.306 e. The van der Waals surface area contributed by atoms with Gasteiger partial charge in [-0.2, -0.15) is 8.42 Å². The third-order valence-corrected chi connectivity index (χ3v) is 6.17. The Hall–Kier alpha value is -3.97. The molecule has 0 aliphatic carbocycles. The predicted octanol–water partition coefficient (Wildman–Crippen LogP) is 4.10. The summed E-state index contributed by atoms with van der Waals surface area (Å²) in [6.07, 6.45) is 4.58. The van der Waals surface area contributed by atoms with Gasteiger partial charge in [0.25, 0.3) is 0 Å². The number of nitrogens with two attached hydrogens (primary N) is 1. The number of fused-ring (bicyclic) bond motifs is 1. The van der Waals surface area contributed by atoms with Crippen molar-refractivity contribution in [1.29, 1.82) is 0 Å². The highest BCUT2D eigenvalue weighted by Gasteiger charge is 2.42. The van der Waals surface area contributed by atoms with Crippen molar-refractivity contribution in [2.24, 2.45) is 10.7 Å². The second-order valence-corrected chi connectivity index (χ2v) is 9.46. The number of pyridine rings is 1. The topological polar surface area (TPSA) is 94.6 Å². The van der Waals surface area contributed by atoms with Crippen LogP contribution in [0.15, 0.2) is 102 Å². The zero-order valence-electron chi connectivity index (χ0n) is 17.8. The molecule has 0 saturated heterocycles. The molecule has 164 valence electrons. The largest absolute Gasteiger partial charge is 0.383 e. The minimum absolute atomic E-state index is 0.240. The Morgan fingerprint density at radius 2 is 1.61 bits per heavy atom. The normalized spacial score (nSPS) is 17.3. The first kappa shape index (κ1) is 20.9. The Balaban J connectivity index is 1.72. The highest BCUT2D eigenvalue weighted by Crippen LogP contribution is 2.46. The number of nitrogens with zero attached hydrogens (tertiary/aromatic N) is 2. The molecule has 1 aliphatic rings. The lowest BCUT2D eigenvalue weighted by molar-refractivity contribution is 0.492. The summed E-state index contributed by atoms with van der Waals surface area (Å²) in [7, 11) is -3.62. The molecule has 3 aromatic carbocycles. The van der Waals surface area contributed by atoms with Crippen LogP contribution < -0.4 is 9.92 Å². The Kier molecular flexibility index (Phi) is 4.98. The molecule has 1 atom stereocenters. The summed E-state index contributed by atoms with van der Waals surface area (Å²) in [6, 6.07) is 26.9. The minimum atomic E-state index is -3.62. The minimum Gasteiger partial charge on any atom is -0.383 e. The van der Waals surface area contributed by atoms with Crippen molar-refractivity contribution in [1.82, 2.24) is 4.98 Å². The molecule has 5 rings (SSSR count). The Bertz CT molecular complexity index is 1470. The molecule has 0 saturated carbocycles. The van der Waals surface area contributed by atoms with E-state index in [1.54, 1.807) is 18.3 Å². The van der Waals surface area contributed by atoms with Crippen LogP contribution in [0.4, 0.5) is 0 Å². The Morgan fingerprint density at radius 1 is 0.848 bits per heavy atom. The summed E-state index contributed by atoms with van der Waals surface area (Å²) in [4.78, 5) is 9.23. The van der Waals surface area contributed by atoms with E-state index in [-0.39, 0.29) is 5.75 Å². The van der Waals surface area contributed by atoms with Gasteiger partial charge < -0.3 is 9.92 Å². The fourth-order valence-corrected chi connectivity index (χ4v) is 4.77. The number of benzene rings is 3. The van der Waals surface area contributed by atoms with E-state index >= 15 is 0 Å². The van der Waals surface area contributed by atoms with E-state index in [2.05, 4.69) is 11.1 Å². The van der Waals surface area contributed by atoms with Crippen LogP contribution >= 0.6 is 0 Å². The molecular weight excluding hydrogens is 434 g/mol. The molecule has 0 amide bonds. The highest BCUT2D eigenvalue weighted by molar-refractivity contribution is 7.86. The lowest BCUT2D eigenvalue weighted by Crippen LogP contribution is -2.25. The monoisotopic (exact) mass is 455 g/mol. The third-order valence-electron chi connectivity index (χ3n) is 5.68. The van der Waals surface area contributed by atoms with E-state index in [4.69, 9.17) is 14.9 Å². The molecular formula is C26H21N3O3S. The summed E-state index contributed by atoms with van der Waals surface area (Å²) >= 11 is 0. The zero-order chi connectivity index (χ0) is 23.1. The van der Waals surface area contributed by atoms with E-state index in [0.717, 1.165) is 39.6 Å². The lowest BCUT2D eigenvalue weighted by atomic mass is 9.77. The first-order valence-corrected chi connectivity index (χ1v) is 12.1. The van der Waals surface area contributed by atoms with Gasteiger partial charge in [-0.05, 0) is 52.1 Å². The van der Waals surface area contributed by atoms with Crippen molar-refractivity contribution in [3.63, 3.8) is 0 Å². The van der Waals surface area contributed by atoms with Gasteiger partial charge in [0.1, 0.15) is 17.1 Å². The average molecular weight is 456 g/mol. The van der Waals surface area contributed by atoms with Gasteiger partial charge in [0.05, 0.1) is 6.26 Å². The molecule has 4 aromatic rings. The fourth-order valence-electron chi connectivity index (χ4n) is 4.31. The van der Waals surface area contributed by atoms with Gasteiger partial charge in [-0.25, -0.2) is 4.99 Å². The number of aromatic nitrogens is 1. The second kappa shape index (κ2) is 7.86. The number of hydrogen-bond acceptors (Lipinski definition) is 6. The van der Waals surface area contributed by atoms with Gasteiger partial charge in [-0.15, -0.1) is 0 Å². The van der Waals surface area contributed by atoms with E-state index in [1.165, 1.54) is 0 Å². The predicted molar refractivity (Wildman–Crippen MR) is 129 cm³/mol. The van der Waals surface area contributed by atoms with Crippen LogP contribution in [0.3, 0.4) is 0 Å². The molecule has 1 aromatic heterocycles. The molecule has 1 aliphatic heterocycles. The third kappa shape index (κ3) is 3.76. The van der Waals surface area contributed by atoms with Gasteiger partial charge in [-0.1, -0.05) is 60.7 Å². The molecule has 6 nitrogen and oxygen atoms in total. The van der Waals surface area contributed by atoms with Crippen molar-refractivity contribution in [3.05, 3.63) is 120 Å². The molecule has 7 heteroatoms. The first-order chi connectivity index (χ1) is 15.9. The lowest BCUT2D eigenvalue weighted by Gasteiger charge is -2.29. The van der Waals surface area contributed by atoms with Crippen molar-refractivity contribution in [2.45, 2.75) is 5.54 Å². The van der Waals surface area contributed by atoms with Crippen LogP contribution in [0, 0.1) is 0 Å². The summed E-state index contributed by atoms with van der Waals surface area (Å²) in [5.41, 5.74) is 11.1. The number of aliphatic imine (C=N–C) groups is 1. The van der Waals surface area contributed by atoms with Gasteiger partial charge >= 0.3 is 10.1 Å². The summed E-state index contributed by atoms with van der Waals surface area (Å²) in [5.74, 6) is 0.692. The van der Waals surface area contributed by atoms with Gasteiger partial charge in [0, 0.05) is 18.0 Å². The SMILES string of the molecule is CS(=O)(=O)Oc1ccc(C2(c3cccc(-c4cccnc4)c3)N=C(N)c3ccccc32)cc1.